The monoisotopic (exact) mass is 525 g/mol. The maximum Gasteiger partial charge on any atom is 0.225 e. The molecule has 9 nitrogen and oxygen atoms in total. The molecule has 1 aliphatic heterocycles. The fourth-order valence-electron chi connectivity index (χ4n) is 4.24. The van der Waals surface area contributed by atoms with E-state index in [2.05, 4.69) is 25.6 Å². The summed E-state index contributed by atoms with van der Waals surface area (Å²) in [5, 5.41) is 5.71. The summed E-state index contributed by atoms with van der Waals surface area (Å²) in [6, 6.07) is 0.885. The number of hydrogen-bond donors (Lipinski definition) is 3. The van der Waals surface area contributed by atoms with E-state index in [1.807, 2.05) is 6.92 Å². The maximum atomic E-state index is 14.6. The van der Waals surface area contributed by atoms with Gasteiger partial charge in [-0.15, -0.1) is 0 Å². The largest absolute Gasteiger partial charge is 0.378 e. The molecule has 13 heteroatoms. The quantitative estimate of drug-likeness (QED) is 0.352. The van der Waals surface area contributed by atoms with Gasteiger partial charge in [-0.25, -0.2) is 23.1 Å². The highest BCUT2D eigenvalue weighted by atomic mass is 35.5. The summed E-state index contributed by atoms with van der Waals surface area (Å²) in [7, 11) is 0. The number of rotatable bonds is 10. The predicted molar refractivity (Wildman–Crippen MR) is 130 cm³/mol. The van der Waals surface area contributed by atoms with Crippen molar-refractivity contribution in [3.8, 4) is 0 Å². The van der Waals surface area contributed by atoms with E-state index in [1.54, 1.807) is 4.57 Å². The van der Waals surface area contributed by atoms with Crippen molar-refractivity contribution in [3.05, 3.63) is 35.0 Å². The Balaban J connectivity index is 1.78. The SMILES string of the molecule is CCC[C@@H](CCC(N)=O)n1c(Nc2c(F)cc(F)cc2Cl)nc2cnc(N[C@@H]3CCOC[C@H]3F)nc21. The number of halogens is 4. The van der Waals surface area contributed by atoms with Crippen LogP contribution in [0.3, 0.4) is 0 Å². The molecule has 0 radical (unpaired) electrons. The van der Waals surface area contributed by atoms with Crippen LogP contribution >= 0.6 is 11.6 Å². The molecule has 194 valence electrons. The number of imidazole rings is 1. The number of primary amides is 1. The summed E-state index contributed by atoms with van der Waals surface area (Å²) in [5.74, 6) is -1.80. The second-order valence-corrected chi connectivity index (χ2v) is 9.06. The van der Waals surface area contributed by atoms with E-state index in [-0.39, 0.29) is 41.7 Å². The van der Waals surface area contributed by atoms with Gasteiger partial charge >= 0.3 is 0 Å². The van der Waals surface area contributed by atoms with Gasteiger partial charge in [-0.05, 0) is 25.3 Å². The lowest BCUT2D eigenvalue weighted by Gasteiger charge is -2.26. The second kappa shape index (κ2) is 11.3. The average Bonchev–Trinajstić information content (AvgIpc) is 3.17. The zero-order valence-electron chi connectivity index (χ0n) is 19.6. The zero-order valence-corrected chi connectivity index (χ0v) is 20.4. The van der Waals surface area contributed by atoms with Crippen LogP contribution in [-0.4, -0.2) is 50.9 Å². The van der Waals surface area contributed by atoms with Gasteiger partial charge < -0.3 is 21.1 Å². The van der Waals surface area contributed by atoms with Gasteiger partial charge in [0.2, 0.25) is 17.8 Å². The number of amides is 1. The van der Waals surface area contributed by atoms with E-state index < -0.39 is 29.8 Å². The summed E-state index contributed by atoms with van der Waals surface area (Å²) in [5.41, 5.74) is 6.01. The van der Waals surface area contributed by atoms with Crippen molar-refractivity contribution < 1.29 is 22.7 Å². The molecule has 0 aliphatic carbocycles. The third kappa shape index (κ3) is 5.81. The van der Waals surface area contributed by atoms with Crippen molar-refractivity contribution in [2.75, 3.05) is 23.8 Å². The zero-order chi connectivity index (χ0) is 25.8. The van der Waals surface area contributed by atoms with Crippen molar-refractivity contribution in [2.24, 2.45) is 5.73 Å². The van der Waals surface area contributed by atoms with Crippen molar-refractivity contribution in [3.63, 3.8) is 0 Å². The minimum absolute atomic E-state index is 0.0123. The highest BCUT2D eigenvalue weighted by Crippen LogP contribution is 2.34. The van der Waals surface area contributed by atoms with Gasteiger partial charge in [-0.1, -0.05) is 24.9 Å². The van der Waals surface area contributed by atoms with Crippen LogP contribution in [0.5, 0.6) is 0 Å². The molecular formula is C23H27ClF3N7O2. The standard InChI is InChI=1S/C23H27ClF3N7O2/c1-2-3-13(4-5-19(28)35)34-21-18(10-29-22(33-21)30-17-6-7-36-11-16(17)27)31-23(34)32-20-14(24)8-12(25)9-15(20)26/h8-10,13,16-17H,2-7,11H2,1H3,(H2,28,35)(H,31,32)(H,29,30,33)/t13-,16+,17+/m0/s1. The number of anilines is 3. The molecule has 3 heterocycles. The Hall–Kier alpha value is -3.12. The first-order valence-electron chi connectivity index (χ1n) is 11.7. The Labute approximate surface area is 210 Å². The van der Waals surface area contributed by atoms with Crippen LogP contribution in [0, 0.1) is 11.6 Å². The van der Waals surface area contributed by atoms with E-state index in [4.69, 9.17) is 22.1 Å². The lowest BCUT2D eigenvalue weighted by atomic mass is 10.1. The summed E-state index contributed by atoms with van der Waals surface area (Å²) >= 11 is 6.10. The average molecular weight is 526 g/mol. The molecule has 4 N–H and O–H groups in total. The van der Waals surface area contributed by atoms with Crippen LogP contribution in [0.1, 0.15) is 45.1 Å². The molecule has 2 aromatic heterocycles. The van der Waals surface area contributed by atoms with Gasteiger partial charge in [-0.3, -0.25) is 9.36 Å². The number of carbonyl (C=O) groups excluding carboxylic acids is 1. The third-order valence-corrected chi connectivity index (χ3v) is 6.29. The molecule has 3 atom stereocenters. The third-order valence-electron chi connectivity index (χ3n) is 5.99. The lowest BCUT2D eigenvalue weighted by molar-refractivity contribution is -0.118. The van der Waals surface area contributed by atoms with Gasteiger partial charge in [-0.2, -0.15) is 4.98 Å². The molecule has 1 amide bonds. The number of benzene rings is 1. The minimum atomic E-state index is -1.22. The van der Waals surface area contributed by atoms with Crippen molar-refractivity contribution in [1.29, 1.82) is 0 Å². The Morgan fingerprint density at radius 2 is 2.14 bits per heavy atom. The Morgan fingerprint density at radius 3 is 2.83 bits per heavy atom. The van der Waals surface area contributed by atoms with Crippen LogP contribution in [0.2, 0.25) is 5.02 Å². The summed E-state index contributed by atoms with van der Waals surface area (Å²) in [6.45, 7) is 2.39. The number of hydrogen-bond acceptors (Lipinski definition) is 7. The van der Waals surface area contributed by atoms with Gasteiger partial charge in [0.1, 0.15) is 17.5 Å². The van der Waals surface area contributed by atoms with E-state index >= 15 is 0 Å². The topological polar surface area (TPSA) is 120 Å². The molecule has 36 heavy (non-hydrogen) atoms. The highest BCUT2D eigenvalue weighted by molar-refractivity contribution is 6.33. The number of carbonyl (C=O) groups is 1. The fraction of sp³-hybridized carbons (Fsp3) is 0.478. The summed E-state index contributed by atoms with van der Waals surface area (Å²) < 4.78 is 49.3. The number of ether oxygens (including phenoxy) is 1. The molecule has 0 unspecified atom stereocenters. The number of nitrogens with one attached hydrogen (secondary N) is 2. The number of alkyl halides is 1. The fourth-order valence-corrected chi connectivity index (χ4v) is 4.49. The van der Waals surface area contributed by atoms with E-state index in [9.17, 15) is 18.0 Å². The Bertz CT molecular complexity index is 1220. The molecule has 1 fully saturated rings. The van der Waals surface area contributed by atoms with Crippen LogP contribution in [0.25, 0.3) is 11.2 Å². The first-order valence-corrected chi connectivity index (χ1v) is 12.1. The molecule has 1 aliphatic rings. The molecule has 4 rings (SSSR count). The molecule has 0 spiro atoms. The molecule has 3 aromatic rings. The first kappa shape index (κ1) is 26.0. The van der Waals surface area contributed by atoms with Gasteiger partial charge in [0.05, 0.1) is 29.6 Å². The Morgan fingerprint density at radius 1 is 1.33 bits per heavy atom. The molecule has 1 saturated heterocycles. The van der Waals surface area contributed by atoms with Crippen LogP contribution in [0.15, 0.2) is 18.3 Å². The molecule has 0 bridgehead atoms. The lowest BCUT2D eigenvalue weighted by Crippen LogP contribution is -2.39. The molecule has 0 saturated carbocycles. The number of nitrogens with two attached hydrogens (primary N) is 1. The molecule has 1 aromatic carbocycles. The van der Waals surface area contributed by atoms with Gasteiger partial charge in [0.15, 0.2) is 11.5 Å². The van der Waals surface area contributed by atoms with Crippen LogP contribution in [0.4, 0.5) is 30.8 Å². The second-order valence-electron chi connectivity index (χ2n) is 8.66. The number of nitrogens with zero attached hydrogens (tertiary/aromatic N) is 4. The number of fused-ring (bicyclic) bond motifs is 1. The van der Waals surface area contributed by atoms with Crippen LogP contribution in [-0.2, 0) is 9.53 Å². The summed E-state index contributed by atoms with van der Waals surface area (Å²) in [4.78, 5) is 24.9. The van der Waals surface area contributed by atoms with Crippen molar-refractivity contribution >= 4 is 46.3 Å². The van der Waals surface area contributed by atoms with Gasteiger partial charge in [0, 0.05) is 25.1 Å². The van der Waals surface area contributed by atoms with E-state index in [0.29, 0.717) is 43.1 Å². The van der Waals surface area contributed by atoms with Gasteiger partial charge in [0.25, 0.3) is 0 Å². The number of aromatic nitrogens is 4. The Kier molecular flexibility index (Phi) is 8.14. The maximum absolute atomic E-state index is 14.6. The van der Waals surface area contributed by atoms with E-state index in [0.717, 1.165) is 12.5 Å². The first-order chi connectivity index (χ1) is 17.3. The minimum Gasteiger partial charge on any atom is -0.378 e. The summed E-state index contributed by atoms with van der Waals surface area (Å²) in [6.07, 6.45) is 2.58. The smallest absolute Gasteiger partial charge is 0.225 e. The molecular weight excluding hydrogens is 499 g/mol. The van der Waals surface area contributed by atoms with E-state index in [1.165, 1.54) is 6.20 Å². The van der Waals surface area contributed by atoms with Crippen molar-refractivity contribution in [1.82, 2.24) is 19.5 Å². The van der Waals surface area contributed by atoms with Crippen molar-refractivity contribution in [2.45, 2.75) is 57.3 Å². The highest BCUT2D eigenvalue weighted by Gasteiger charge is 2.27. The van der Waals surface area contributed by atoms with Crippen LogP contribution < -0.4 is 16.4 Å². The predicted octanol–water partition coefficient (Wildman–Crippen LogP) is 4.65. The normalized spacial score (nSPS) is 18.8.